The van der Waals surface area contributed by atoms with Crippen LogP contribution < -0.4 is 5.32 Å². The molecule has 1 heterocycles. The molecule has 4 amide bonds. The lowest BCUT2D eigenvalue weighted by Crippen LogP contribution is -2.61. The third-order valence-electron chi connectivity index (χ3n) is 6.00. The third-order valence-corrected chi connectivity index (χ3v) is 6.31. The molecule has 0 spiro atoms. The van der Waals surface area contributed by atoms with Crippen LogP contribution in [-0.2, 0) is 14.3 Å². The first-order valence-electron chi connectivity index (χ1n) is 11.4. The monoisotopic (exact) mass is 484 g/mol. The summed E-state index contributed by atoms with van der Waals surface area (Å²) in [5.74, 6) is -0.153. The van der Waals surface area contributed by atoms with Crippen molar-refractivity contribution in [2.24, 2.45) is 11.8 Å². The van der Waals surface area contributed by atoms with Gasteiger partial charge < -0.3 is 15.0 Å². The standard InChI is InChI=1S/C25H29ClN4O4/c1-4-29-22-9-8-19(14-20(22)24(32)30(5-2)25(29)33)34-11-10-16(3)12-23(31)28-18-7-6-17(15-27)21(26)13-18/h6-9,13-14,16,20,22H,4-5,10-12H2,1-3H3,(H,28,31). The highest BCUT2D eigenvalue weighted by Gasteiger charge is 2.44. The van der Waals surface area contributed by atoms with Crippen LogP contribution in [0.4, 0.5) is 10.5 Å². The summed E-state index contributed by atoms with van der Waals surface area (Å²) in [4.78, 5) is 40.6. The average molecular weight is 485 g/mol. The number of likely N-dealkylation sites (N-methyl/N-ethyl adjacent to an activating group) is 1. The lowest BCUT2D eigenvalue weighted by Gasteiger charge is -2.43. The van der Waals surface area contributed by atoms with E-state index in [4.69, 9.17) is 21.6 Å². The number of rotatable bonds is 9. The molecular formula is C25H29ClN4O4. The molecule has 3 atom stereocenters. The molecule has 1 fully saturated rings. The van der Waals surface area contributed by atoms with Gasteiger partial charge in [0.2, 0.25) is 11.8 Å². The number of fused-ring (bicyclic) bond motifs is 1. The van der Waals surface area contributed by atoms with Crippen LogP contribution in [0.1, 0.15) is 39.2 Å². The molecule has 1 aliphatic carbocycles. The number of carbonyl (C=O) groups excluding carboxylic acids is 3. The first-order chi connectivity index (χ1) is 16.3. The summed E-state index contributed by atoms with van der Waals surface area (Å²) in [5, 5.41) is 12.0. The highest BCUT2D eigenvalue weighted by Crippen LogP contribution is 2.30. The molecule has 3 rings (SSSR count). The number of anilines is 1. The maximum Gasteiger partial charge on any atom is 0.327 e. The summed E-state index contributed by atoms with van der Waals surface area (Å²) in [7, 11) is 0. The Bertz CT molecular complexity index is 1060. The molecule has 0 saturated carbocycles. The molecule has 2 aliphatic rings. The minimum atomic E-state index is -0.458. The number of nitriles is 1. The number of ether oxygens (including phenoxy) is 1. The van der Waals surface area contributed by atoms with Crippen LogP contribution in [0.3, 0.4) is 0 Å². The summed E-state index contributed by atoms with van der Waals surface area (Å²) in [6, 6.07) is 6.20. The van der Waals surface area contributed by atoms with E-state index in [1.165, 1.54) is 4.90 Å². The van der Waals surface area contributed by atoms with Gasteiger partial charge in [-0.2, -0.15) is 5.26 Å². The van der Waals surface area contributed by atoms with Gasteiger partial charge in [0.1, 0.15) is 11.8 Å². The fourth-order valence-corrected chi connectivity index (χ4v) is 4.36. The van der Waals surface area contributed by atoms with Crippen LogP contribution in [0.15, 0.2) is 42.2 Å². The molecule has 0 bridgehead atoms. The number of carbonyl (C=O) groups is 3. The van der Waals surface area contributed by atoms with Crippen molar-refractivity contribution >= 4 is 35.1 Å². The molecule has 1 aliphatic heterocycles. The van der Waals surface area contributed by atoms with Crippen LogP contribution in [0.25, 0.3) is 0 Å². The molecule has 1 aromatic rings. The second kappa shape index (κ2) is 11.2. The predicted molar refractivity (Wildman–Crippen MR) is 129 cm³/mol. The number of halogens is 1. The van der Waals surface area contributed by atoms with Gasteiger partial charge in [0.15, 0.2) is 0 Å². The number of imide groups is 1. The zero-order valence-corrected chi connectivity index (χ0v) is 20.3. The number of nitrogens with one attached hydrogen (secondary N) is 1. The van der Waals surface area contributed by atoms with Gasteiger partial charge in [0.05, 0.1) is 29.2 Å². The first-order valence-corrected chi connectivity index (χ1v) is 11.8. The Hall–Kier alpha value is -3.31. The number of hydrogen-bond donors (Lipinski definition) is 1. The van der Waals surface area contributed by atoms with Gasteiger partial charge in [-0.15, -0.1) is 0 Å². The highest BCUT2D eigenvalue weighted by molar-refractivity contribution is 6.32. The van der Waals surface area contributed by atoms with E-state index in [1.54, 1.807) is 42.2 Å². The number of hydrogen-bond acceptors (Lipinski definition) is 5. The summed E-state index contributed by atoms with van der Waals surface area (Å²) in [5.41, 5.74) is 0.899. The molecule has 1 N–H and O–H groups in total. The van der Waals surface area contributed by atoms with Crippen LogP contribution in [-0.4, -0.2) is 53.4 Å². The Labute approximate surface area is 204 Å². The Morgan fingerprint density at radius 2 is 2.06 bits per heavy atom. The summed E-state index contributed by atoms with van der Waals surface area (Å²) in [6.45, 7) is 6.90. The maximum absolute atomic E-state index is 12.8. The van der Waals surface area contributed by atoms with Gasteiger partial charge in [-0.3, -0.25) is 14.5 Å². The average Bonchev–Trinajstić information content (AvgIpc) is 2.80. The van der Waals surface area contributed by atoms with E-state index in [-0.39, 0.29) is 29.8 Å². The number of urea groups is 1. The van der Waals surface area contributed by atoms with Gasteiger partial charge in [0.25, 0.3) is 0 Å². The van der Waals surface area contributed by atoms with E-state index in [2.05, 4.69) is 5.32 Å². The van der Waals surface area contributed by atoms with Gasteiger partial charge >= 0.3 is 6.03 Å². The summed E-state index contributed by atoms with van der Waals surface area (Å²) < 4.78 is 5.88. The smallest absolute Gasteiger partial charge is 0.327 e. The van der Waals surface area contributed by atoms with E-state index in [1.807, 2.05) is 26.0 Å². The molecule has 0 radical (unpaired) electrons. The zero-order valence-electron chi connectivity index (χ0n) is 19.6. The second-order valence-electron chi connectivity index (χ2n) is 8.40. The lowest BCUT2D eigenvalue weighted by atomic mass is 9.89. The quantitative estimate of drug-likeness (QED) is 0.562. The van der Waals surface area contributed by atoms with Crippen molar-refractivity contribution in [3.8, 4) is 6.07 Å². The Kier molecular flexibility index (Phi) is 8.35. The van der Waals surface area contributed by atoms with E-state index in [0.29, 0.717) is 54.6 Å². The third kappa shape index (κ3) is 5.60. The van der Waals surface area contributed by atoms with E-state index >= 15 is 0 Å². The van der Waals surface area contributed by atoms with E-state index < -0.39 is 5.92 Å². The maximum atomic E-state index is 12.8. The van der Waals surface area contributed by atoms with Crippen molar-refractivity contribution in [1.29, 1.82) is 5.26 Å². The molecule has 8 nitrogen and oxygen atoms in total. The van der Waals surface area contributed by atoms with Crippen molar-refractivity contribution < 1.29 is 19.1 Å². The van der Waals surface area contributed by atoms with Crippen molar-refractivity contribution in [3.63, 3.8) is 0 Å². The first kappa shape index (κ1) is 25.3. The number of benzene rings is 1. The SMILES string of the molecule is CCN1C(=O)C2C=C(OCCC(C)CC(=O)Nc3ccc(C#N)c(Cl)c3)C=CC2N(CC)C1=O. The van der Waals surface area contributed by atoms with Gasteiger partial charge in [-0.1, -0.05) is 24.6 Å². The molecule has 0 aromatic heterocycles. The molecule has 180 valence electrons. The molecule has 9 heteroatoms. The molecule has 1 saturated heterocycles. The second-order valence-corrected chi connectivity index (χ2v) is 8.80. The van der Waals surface area contributed by atoms with Gasteiger partial charge in [-0.05, 0) is 56.5 Å². The lowest BCUT2D eigenvalue weighted by molar-refractivity contribution is -0.135. The molecular weight excluding hydrogens is 456 g/mol. The largest absolute Gasteiger partial charge is 0.494 e. The van der Waals surface area contributed by atoms with Crippen molar-refractivity contribution in [2.45, 2.75) is 39.7 Å². The van der Waals surface area contributed by atoms with Crippen LogP contribution >= 0.6 is 11.6 Å². The zero-order chi connectivity index (χ0) is 24.8. The topological polar surface area (TPSA) is 103 Å². The minimum absolute atomic E-state index is 0.0647. The van der Waals surface area contributed by atoms with Gasteiger partial charge in [-0.25, -0.2) is 4.79 Å². The minimum Gasteiger partial charge on any atom is -0.494 e. The van der Waals surface area contributed by atoms with E-state index in [0.717, 1.165) is 0 Å². The Balaban J connectivity index is 1.50. The highest BCUT2D eigenvalue weighted by atomic mass is 35.5. The fraction of sp³-hybridized carbons (Fsp3) is 0.440. The number of amides is 4. The normalized spacial score (nSPS) is 20.4. The van der Waals surface area contributed by atoms with Crippen LogP contribution in [0.2, 0.25) is 5.02 Å². The summed E-state index contributed by atoms with van der Waals surface area (Å²) >= 11 is 6.01. The number of allylic oxidation sites excluding steroid dienone is 1. The van der Waals surface area contributed by atoms with E-state index in [9.17, 15) is 14.4 Å². The fourth-order valence-electron chi connectivity index (χ4n) is 4.14. The van der Waals surface area contributed by atoms with Crippen molar-refractivity contribution in [1.82, 2.24) is 9.80 Å². The van der Waals surface area contributed by atoms with Crippen molar-refractivity contribution in [3.05, 3.63) is 52.8 Å². The molecule has 34 heavy (non-hydrogen) atoms. The molecule has 3 unspecified atom stereocenters. The predicted octanol–water partition coefficient (Wildman–Crippen LogP) is 4.33. The van der Waals surface area contributed by atoms with Crippen LogP contribution in [0.5, 0.6) is 0 Å². The van der Waals surface area contributed by atoms with Crippen molar-refractivity contribution in [2.75, 3.05) is 25.0 Å². The Morgan fingerprint density at radius 1 is 1.29 bits per heavy atom. The van der Waals surface area contributed by atoms with Crippen LogP contribution in [0, 0.1) is 23.2 Å². The molecule has 1 aromatic carbocycles. The summed E-state index contributed by atoms with van der Waals surface area (Å²) in [6.07, 6.45) is 6.40. The number of nitrogens with zero attached hydrogens (tertiary/aromatic N) is 3. The van der Waals surface area contributed by atoms with Gasteiger partial charge in [0, 0.05) is 25.2 Å². The Morgan fingerprint density at radius 3 is 2.71 bits per heavy atom.